The molecule has 87 heavy (non-hydrogen) atoms. The third kappa shape index (κ3) is 27.0. The molecule has 0 aromatic heterocycles. The number of carbonyl (C=O) groups excluding carboxylic acids is 11. The van der Waals surface area contributed by atoms with Crippen LogP contribution in [0.2, 0.25) is 0 Å². The monoisotopic (exact) mass is 1230 g/mol. The second-order valence-electron chi connectivity index (χ2n) is 22.4. The van der Waals surface area contributed by atoms with E-state index < -0.39 is 151 Å². The first-order valence-electron chi connectivity index (χ1n) is 29.9. The zero-order chi connectivity index (χ0) is 65.3. The molecular formula is C57H97N17O13. The van der Waals surface area contributed by atoms with E-state index in [1.807, 2.05) is 6.07 Å². The van der Waals surface area contributed by atoms with Crippen molar-refractivity contribution in [1.82, 2.24) is 58.5 Å². The van der Waals surface area contributed by atoms with Crippen molar-refractivity contribution in [3.8, 4) is 6.07 Å². The predicted molar refractivity (Wildman–Crippen MR) is 321 cm³/mol. The zero-order valence-electron chi connectivity index (χ0n) is 51.0. The predicted octanol–water partition coefficient (Wildman–Crippen LogP) is -5.37. The Labute approximate surface area is 509 Å². The Hall–Kier alpha value is -7.40. The van der Waals surface area contributed by atoms with Gasteiger partial charge in [0.15, 0.2) is 0 Å². The van der Waals surface area contributed by atoms with Crippen molar-refractivity contribution in [2.45, 2.75) is 198 Å². The summed E-state index contributed by atoms with van der Waals surface area (Å²) in [5, 5.41) is 59.0. The van der Waals surface area contributed by atoms with E-state index in [0.717, 1.165) is 19.3 Å². The molecule has 1 aliphatic rings. The Kier molecular flexibility index (Phi) is 34.9. The minimum absolute atomic E-state index is 0.00902. The number of aliphatic hydroxyl groups excluding tert-OH is 2. The van der Waals surface area contributed by atoms with Crippen molar-refractivity contribution in [3.05, 3.63) is 35.4 Å². The van der Waals surface area contributed by atoms with E-state index in [0.29, 0.717) is 17.9 Å². The smallest absolute Gasteiger partial charge is 0.245 e. The summed E-state index contributed by atoms with van der Waals surface area (Å²) in [6.45, 7) is 8.83. The molecule has 1 fully saturated rings. The molecule has 0 unspecified atom stereocenters. The molecule has 0 radical (unpaired) electrons. The molecule has 0 bridgehead atoms. The summed E-state index contributed by atoms with van der Waals surface area (Å²) in [4.78, 5) is 154. The average Bonchev–Trinajstić information content (AvgIpc) is 3.47. The van der Waals surface area contributed by atoms with Gasteiger partial charge in [0.05, 0.1) is 23.8 Å². The number of unbranched alkanes of at least 4 members (excludes halogenated alkanes) is 1. The lowest BCUT2D eigenvalue weighted by Gasteiger charge is -2.29. The Balaban J connectivity index is 2.71. The highest BCUT2D eigenvalue weighted by Crippen LogP contribution is 2.14. The van der Waals surface area contributed by atoms with Crippen LogP contribution in [0.4, 0.5) is 0 Å². The van der Waals surface area contributed by atoms with Crippen molar-refractivity contribution >= 4 is 65.0 Å². The van der Waals surface area contributed by atoms with Gasteiger partial charge in [-0.1, -0.05) is 59.1 Å². The molecule has 1 aromatic carbocycles. The number of amides is 11. The number of carbonyl (C=O) groups is 11. The molecule has 0 spiro atoms. The SMILES string of the molecule is CC[C@H](C)CCCCC(=O)N[C@@H](CCN)C(=O)N[C@H](C(=O)N[C@@H](CCN)C(=O)N[C@H]1CCNC(=O)[C@H]([C@@H](C)O)NC(=O)[C@H](CCN)NC(=O)[C@H](CCN)NC(=O)[C@H](CC(C)C)NC(=O)[C@@H](Cc2ccc(C#N)cc2)NC(=O)[C@H](CCN)NC1=O)[C@@H](C)O. The maximum absolute atomic E-state index is 14.6. The minimum Gasteiger partial charge on any atom is -0.391 e. The third-order valence-electron chi connectivity index (χ3n) is 14.5. The maximum atomic E-state index is 14.6. The van der Waals surface area contributed by atoms with E-state index in [9.17, 15) is 68.2 Å². The van der Waals surface area contributed by atoms with Crippen molar-refractivity contribution in [1.29, 1.82) is 5.26 Å². The number of nitriles is 1. The van der Waals surface area contributed by atoms with Crippen LogP contribution in [0, 0.1) is 23.2 Å². The molecule has 1 saturated heterocycles. The zero-order valence-corrected chi connectivity index (χ0v) is 51.0. The van der Waals surface area contributed by atoms with Gasteiger partial charge in [0.1, 0.15) is 60.4 Å². The van der Waals surface area contributed by atoms with Crippen LogP contribution in [-0.4, -0.2) is 187 Å². The van der Waals surface area contributed by atoms with Crippen LogP contribution < -0.4 is 87.2 Å². The first kappa shape index (κ1) is 75.7. The van der Waals surface area contributed by atoms with Crippen LogP contribution >= 0.6 is 0 Å². The molecule has 0 saturated carbocycles. The topological polar surface area (TPSA) is 514 Å². The fourth-order valence-corrected chi connectivity index (χ4v) is 9.22. The van der Waals surface area contributed by atoms with Gasteiger partial charge in [-0.2, -0.15) is 5.26 Å². The number of hydrogen-bond acceptors (Lipinski definition) is 19. The van der Waals surface area contributed by atoms with Crippen LogP contribution in [0.15, 0.2) is 24.3 Å². The van der Waals surface area contributed by atoms with Gasteiger partial charge in [-0.15, -0.1) is 0 Å². The molecule has 11 amide bonds. The lowest BCUT2D eigenvalue weighted by molar-refractivity contribution is -0.137. The first-order chi connectivity index (χ1) is 41.3. The Bertz CT molecular complexity index is 2460. The van der Waals surface area contributed by atoms with E-state index in [2.05, 4.69) is 72.3 Å². The fourth-order valence-electron chi connectivity index (χ4n) is 9.22. The lowest BCUT2D eigenvalue weighted by Crippen LogP contribution is -2.62. The largest absolute Gasteiger partial charge is 0.391 e. The second-order valence-corrected chi connectivity index (χ2v) is 22.4. The number of benzene rings is 1. The second kappa shape index (κ2) is 40.1. The number of hydrogen-bond donors (Lipinski definition) is 18. The summed E-state index contributed by atoms with van der Waals surface area (Å²) < 4.78 is 0. The number of aliphatic hydroxyl groups is 2. The molecule has 13 atom stereocenters. The summed E-state index contributed by atoms with van der Waals surface area (Å²) in [5.41, 5.74) is 30.1. The van der Waals surface area contributed by atoms with Gasteiger partial charge in [-0.25, -0.2) is 0 Å². The van der Waals surface area contributed by atoms with Gasteiger partial charge in [0.2, 0.25) is 65.0 Å². The van der Waals surface area contributed by atoms with E-state index in [4.69, 9.17) is 28.7 Å². The van der Waals surface area contributed by atoms with Gasteiger partial charge in [-0.05, 0) is 127 Å². The van der Waals surface area contributed by atoms with Crippen LogP contribution in [-0.2, 0) is 59.2 Å². The van der Waals surface area contributed by atoms with Crippen molar-refractivity contribution in [3.63, 3.8) is 0 Å². The molecular weight excluding hydrogens is 1130 g/mol. The molecule has 1 aromatic rings. The number of nitrogens with two attached hydrogens (primary N) is 5. The summed E-state index contributed by atoms with van der Waals surface area (Å²) in [6, 6.07) is -7.04. The van der Waals surface area contributed by atoms with Gasteiger partial charge in [-0.3, -0.25) is 52.7 Å². The third-order valence-corrected chi connectivity index (χ3v) is 14.5. The molecule has 30 heteroatoms. The van der Waals surface area contributed by atoms with Crippen LogP contribution in [0.1, 0.15) is 130 Å². The molecule has 488 valence electrons. The molecule has 23 N–H and O–H groups in total. The van der Waals surface area contributed by atoms with Gasteiger partial charge in [0, 0.05) is 19.4 Å². The summed E-state index contributed by atoms with van der Waals surface area (Å²) in [7, 11) is 0. The molecule has 1 heterocycles. The Morgan fingerprint density at radius 1 is 0.598 bits per heavy atom. The highest BCUT2D eigenvalue weighted by atomic mass is 16.3. The fraction of sp³-hybridized carbons (Fsp3) is 0.684. The molecule has 30 nitrogen and oxygen atoms in total. The van der Waals surface area contributed by atoms with Gasteiger partial charge in [0.25, 0.3) is 0 Å². The molecule has 2 rings (SSSR count). The average molecular weight is 1230 g/mol. The van der Waals surface area contributed by atoms with Crippen molar-refractivity contribution in [2.75, 3.05) is 39.3 Å². The summed E-state index contributed by atoms with van der Waals surface area (Å²) >= 11 is 0. The maximum Gasteiger partial charge on any atom is 0.245 e. The highest BCUT2D eigenvalue weighted by Gasteiger charge is 2.37. The normalized spacial score (nSPS) is 22.5. The minimum atomic E-state index is -1.71. The van der Waals surface area contributed by atoms with Crippen LogP contribution in [0.25, 0.3) is 0 Å². The van der Waals surface area contributed by atoms with Crippen LogP contribution in [0.3, 0.4) is 0 Å². The van der Waals surface area contributed by atoms with E-state index in [-0.39, 0.29) is 95.6 Å². The Morgan fingerprint density at radius 3 is 1.59 bits per heavy atom. The van der Waals surface area contributed by atoms with Gasteiger partial charge < -0.3 is 97.4 Å². The Morgan fingerprint density at radius 2 is 1.09 bits per heavy atom. The van der Waals surface area contributed by atoms with Crippen molar-refractivity contribution < 1.29 is 63.0 Å². The summed E-state index contributed by atoms with van der Waals surface area (Å²) in [6.07, 6.45) is -1.38. The first-order valence-corrected chi connectivity index (χ1v) is 29.9. The summed E-state index contributed by atoms with van der Waals surface area (Å²) in [5.74, 6) is -9.76. The molecule has 0 aliphatic carbocycles. The van der Waals surface area contributed by atoms with E-state index in [1.165, 1.54) is 26.0 Å². The standard InChI is InChI=1S/C57H97N17O13/c1-7-32(4)10-8-9-11-45(77)65-37(16-22-58)52(82)74-47(34(6)76)57(87)70-40(19-25-61)49(79)69-42-21-27-64-56(86)46(33(5)75)73-53(83)41(20-26-62)67-48(78)38(17-23-59)68-54(84)43(28-31(2)3)71-55(85)44(29-35-12-14-36(30-63)15-13-35)72-50(80)39(18-24-60)66-51(42)81/h12-15,31-34,37-44,46-47,75-76H,7-11,16-29,58-62H2,1-6H3,(H,64,86)(H,65,77)(H,66,81)(H,67,78)(H,68,84)(H,69,79)(H,70,87)(H,71,85)(H,72,80)(H,73,83)(H,74,82)/t32-,33+,34+,37-,38-,39-,40-,41-,42-,43-,44+,46-,47-/m0/s1. The van der Waals surface area contributed by atoms with Crippen LogP contribution in [0.5, 0.6) is 0 Å². The highest BCUT2D eigenvalue weighted by molar-refractivity contribution is 5.99. The number of rotatable bonds is 29. The lowest BCUT2D eigenvalue weighted by atomic mass is 9.99. The number of nitrogens with zero attached hydrogens (tertiary/aromatic N) is 1. The number of nitrogens with one attached hydrogen (secondary N) is 11. The van der Waals surface area contributed by atoms with Crippen molar-refractivity contribution in [2.24, 2.45) is 40.5 Å². The van der Waals surface area contributed by atoms with Gasteiger partial charge >= 0.3 is 0 Å². The van der Waals surface area contributed by atoms with E-state index in [1.54, 1.807) is 26.0 Å². The quantitative estimate of drug-likeness (QED) is 0.0333. The molecule has 1 aliphatic heterocycles. The van der Waals surface area contributed by atoms with E-state index >= 15 is 0 Å².